The van der Waals surface area contributed by atoms with Crippen LogP contribution < -0.4 is 0 Å². The lowest BCUT2D eigenvalue weighted by molar-refractivity contribution is 0.229. The topological polar surface area (TPSA) is 3.24 Å². The van der Waals surface area contributed by atoms with Crippen molar-refractivity contribution in [3.05, 3.63) is 12.3 Å². The fraction of sp³-hybridized carbons (Fsp3) is 0.867. The molecule has 0 bridgehead atoms. The molecule has 0 aromatic heterocycles. The van der Waals surface area contributed by atoms with E-state index in [0.717, 1.165) is 11.8 Å². The van der Waals surface area contributed by atoms with Crippen LogP contribution in [0.2, 0.25) is 0 Å². The van der Waals surface area contributed by atoms with E-state index in [-0.39, 0.29) is 0 Å². The van der Waals surface area contributed by atoms with Crippen molar-refractivity contribution in [3.8, 4) is 0 Å². The molecule has 0 unspecified atom stereocenters. The van der Waals surface area contributed by atoms with Gasteiger partial charge in [-0.2, -0.15) is 0 Å². The molecule has 1 saturated heterocycles. The van der Waals surface area contributed by atoms with Crippen molar-refractivity contribution < 1.29 is 0 Å². The summed E-state index contributed by atoms with van der Waals surface area (Å²) in [6, 6.07) is 0. The van der Waals surface area contributed by atoms with E-state index < -0.39 is 0 Å². The van der Waals surface area contributed by atoms with E-state index in [1.54, 1.807) is 0 Å². The molecule has 2 rings (SSSR count). The van der Waals surface area contributed by atoms with Crippen molar-refractivity contribution in [1.82, 2.24) is 4.90 Å². The second-order valence-corrected chi connectivity index (χ2v) is 4.44. The largest absolute Gasteiger partial charge is 0.375 e. The molecule has 96 valence electrons. The molecule has 0 amide bonds. The molecule has 0 radical (unpaired) electrons. The maximum atomic E-state index is 4.19. The lowest BCUT2D eigenvalue weighted by Gasteiger charge is -2.33. The highest BCUT2D eigenvalue weighted by atomic mass is 15.1. The zero-order chi connectivity index (χ0) is 12.6. The molecule has 2 fully saturated rings. The Balaban J connectivity index is 0.000000509. The molecule has 0 spiro atoms. The third-order valence-corrected chi connectivity index (χ3v) is 3.24. The number of piperidine rings is 1. The molecule has 2 aliphatic rings. The van der Waals surface area contributed by atoms with Crippen LogP contribution in [0.4, 0.5) is 0 Å². The summed E-state index contributed by atoms with van der Waals surface area (Å²) >= 11 is 0. The van der Waals surface area contributed by atoms with Crippen molar-refractivity contribution in [2.45, 2.75) is 60.3 Å². The van der Waals surface area contributed by atoms with Gasteiger partial charge in [0.25, 0.3) is 0 Å². The van der Waals surface area contributed by atoms with Crippen molar-refractivity contribution in [2.75, 3.05) is 13.1 Å². The van der Waals surface area contributed by atoms with Gasteiger partial charge < -0.3 is 4.90 Å². The van der Waals surface area contributed by atoms with Gasteiger partial charge >= 0.3 is 0 Å². The van der Waals surface area contributed by atoms with Crippen LogP contribution in [0.25, 0.3) is 0 Å². The Kier molecular flexibility index (Phi) is 8.42. The lowest BCUT2D eigenvalue weighted by atomic mass is 9.98. The van der Waals surface area contributed by atoms with Gasteiger partial charge in [0, 0.05) is 18.8 Å². The van der Waals surface area contributed by atoms with Crippen LogP contribution in [-0.2, 0) is 0 Å². The van der Waals surface area contributed by atoms with Crippen LogP contribution >= 0.6 is 0 Å². The Bertz CT molecular complexity index is 174. The third-order valence-electron chi connectivity index (χ3n) is 3.24. The normalized spacial score (nSPS) is 20.2. The van der Waals surface area contributed by atoms with Crippen molar-refractivity contribution in [1.29, 1.82) is 0 Å². The summed E-state index contributed by atoms with van der Waals surface area (Å²) in [6.07, 6.45) is 5.52. The van der Waals surface area contributed by atoms with E-state index in [0.29, 0.717) is 0 Å². The molecule has 0 atom stereocenters. The average Bonchev–Trinajstić information content (AvgIpc) is 3.18. The molecular formula is C15H31N. The summed E-state index contributed by atoms with van der Waals surface area (Å²) < 4.78 is 0. The van der Waals surface area contributed by atoms with E-state index in [9.17, 15) is 0 Å². The van der Waals surface area contributed by atoms with Crippen LogP contribution in [0.3, 0.4) is 0 Å². The zero-order valence-corrected chi connectivity index (χ0v) is 12.1. The standard InChI is InChI=1S/C11H19N.2C2H6/c1-9-5-7-12(8-6-9)10(2)11-3-4-11;2*1-2/h9,11H,2-8H2,1H3;2*1-2H3. The highest BCUT2D eigenvalue weighted by molar-refractivity contribution is 5.07. The minimum Gasteiger partial charge on any atom is -0.375 e. The number of allylic oxidation sites excluding steroid dienone is 1. The van der Waals surface area contributed by atoms with E-state index >= 15 is 0 Å². The minimum atomic E-state index is 0.860. The van der Waals surface area contributed by atoms with E-state index in [4.69, 9.17) is 0 Å². The predicted octanol–water partition coefficient (Wildman–Crippen LogP) is 4.69. The summed E-state index contributed by atoms with van der Waals surface area (Å²) in [5.41, 5.74) is 1.43. The number of hydrogen-bond donors (Lipinski definition) is 0. The Morgan fingerprint density at radius 2 is 1.38 bits per heavy atom. The second-order valence-electron chi connectivity index (χ2n) is 4.44. The first-order valence-corrected chi connectivity index (χ1v) is 7.21. The molecule has 1 nitrogen and oxygen atoms in total. The number of rotatable bonds is 2. The van der Waals surface area contributed by atoms with E-state index in [2.05, 4.69) is 18.4 Å². The monoisotopic (exact) mass is 225 g/mol. The molecule has 0 aromatic rings. The van der Waals surface area contributed by atoms with Crippen LogP contribution in [0.5, 0.6) is 0 Å². The Hall–Kier alpha value is -0.460. The smallest absolute Gasteiger partial charge is 0.0177 e. The number of likely N-dealkylation sites (tertiary alicyclic amines) is 1. The summed E-state index contributed by atoms with van der Waals surface area (Å²) in [6.45, 7) is 17.1. The van der Waals surface area contributed by atoms with Crippen LogP contribution in [-0.4, -0.2) is 18.0 Å². The highest BCUT2D eigenvalue weighted by Crippen LogP contribution is 2.38. The van der Waals surface area contributed by atoms with Crippen molar-refractivity contribution in [3.63, 3.8) is 0 Å². The average molecular weight is 225 g/mol. The lowest BCUT2D eigenvalue weighted by Crippen LogP contribution is -2.32. The Morgan fingerprint density at radius 3 is 1.75 bits per heavy atom. The summed E-state index contributed by atoms with van der Waals surface area (Å²) in [5, 5.41) is 0. The zero-order valence-electron chi connectivity index (χ0n) is 12.1. The molecule has 0 aromatic carbocycles. The first-order chi connectivity index (χ1) is 7.77. The minimum absolute atomic E-state index is 0.860. The second kappa shape index (κ2) is 8.66. The molecule has 1 heteroatoms. The molecule has 1 heterocycles. The maximum Gasteiger partial charge on any atom is 0.0177 e. The Morgan fingerprint density at radius 1 is 0.938 bits per heavy atom. The van der Waals surface area contributed by atoms with Crippen LogP contribution in [0.1, 0.15) is 60.3 Å². The molecule has 1 aliphatic heterocycles. The molecule has 0 N–H and O–H groups in total. The van der Waals surface area contributed by atoms with Gasteiger partial charge in [-0.1, -0.05) is 41.2 Å². The number of hydrogen-bond acceptors (Lipinski definition) is 1. The van der Waals surface area contributed by atoms with E-state index in [1.165, 1.54) is 44.5 Å². The SMILES string of the molecule is C=C(C1CC1)N1CCC(C)CC1.CC.CC. The predicted molar refractivity (Wildman–Crippen MR) is 74.5 cm³/mol. The first-order valence-electron chi connectivity index (χ1n) is 7.21. The van der Waals surface area contributed by atoms with E-state index in [1.807, 2.05) is 27.7 Å². The summed E-state index contributed by atoms with van der Waals surface area (Å²) in [5.74, 6) is 1.80. The fourth-order valence-electron chi connectivity index (χ4n) is 1.97. The van der Waals surface area contributed by atoms with Gasteiger partial charge in [0.2, 0.25) is 0 Å². The molecule has 1 saturated carbocycles. The quantitative estimate of drug-likeness (QED) is 0.659. The van der Waals surface area contributed by atoms with Gasteiger partial charge in [-0.25, -0.2) is 0 Å². The Labute approximate surface area is 103 Å². The first kappa shape index (κ1) is 15.5. The van der Waals surface area contributed by atoms with Gasteiger partial charge in [0.05, 0.1) is 0 Å². The maximum absolute atomic E-state index is 4.19. The summed E-state index contributed by atoms with van der Waals surface area (Å²) in [7, 11) is 0. The molecule has 16 heavy (non-hydrogen) atoms. The van der Waals surface area contributed by atoms with Gasteiger partial charge in [-0.05, 0) is 37.5 Å². The van der Waals surface area contributed by atoms with Crippen LogP contribution in [0, 0.1) is 11.8 Å². The van der Waals surface area contributed by atoms with Gasteiger partial charge in [-0.3, -0.25) is 0 Å². The van der Waals surface area contributed by atoms with Crippen molar-refractivity contribution >= 4 is 0 Å². The van der Waals surface area contributed by atoms with Gasteiger partial charge in [-0.15, -0.1) is 0 Å². The summed E-state index contributed by atoms with van der Waals surface area (Å²) in [4.78, 5) is 2.51. The van der Waals surface area contributed by atoms with Crippen molar-refractivity contribution in [2.24, 2.45) is 11.8 Å². The molecule has 1 aliphatic carbocycles. The van der Waals surface area contributed by atoms with Gasteiger partial charge in [0.1, 0.15) is 0 Å². The highest BCUT2D eigenvalue weighted by Gasteiger charge is 2.29. The number of nitrogens with zero attached hydrogens (tertiary/aromatic N) is 1. The van der Waals surface area contributed by atoms with Gasteiger partial charge in [0.15, 0.2) is 0 Å². The van der Waals surface area contributed by atoms with Crippen LogP contribution in [0.15, 0.2) is 12.3 Å². The fourth-order valence-corrected chi connectivity index (χ4v) is 1.97. The third kappa shape index (κ3) is 5.05. The molecular weight excluding hydrogens is 194 g/mol.